The number of aromatic amines is 1. The van der Waals surface area contributed by atoms with Gasteiger partial charge in [0.15, 0.2) is 0 Å². The highest BCUT2D eigenvalue weighted by Crippen LogP contribution is 2.32. The summed E-state index contributed by atoms with van der Waals surface area (Å²) in [6, 6.07) is 9.44. The van der Waals surface area contributed by atoms with Crippen LogP contribution < -0.4 is 11.1 Å². The molecular weight excluding hydrogens is 451 g/mol. The van der Waals surface area contributed by atoms with Gasteiger partial charge < -0.3 is 16.0 Å². The number of aryl methyl sites for hydroxylation is 1. The largest absolute Gasteiger partial charge is 0.416 e. The molecular formula is C20H17BrF3N3O2. The zero-order chi connectivity index (χ0) is 21.6. The molecule has 0 saturated heterocycles. The first kappa shape index (κ1) is 20.9. The van der Waals surface area contributed by atoms with Crippen molar-refractivity contribution in [2.75, 3.05) is 0 Å². The van der Waals surface area contributed by atoms with E-state index in [0.717, 1.165) is 39.1 Å². The van der Waals surface area contributed by atoms with E-state index in [1.807, 2.05) is 19.1 Å². The third-order valence-electron chi connectivity index (χ3n) is 4.76. The molecule has 0 radical (unpaired) electrons. The summed E-state index contributed by atoms with van der Waals surface area (Å²) in [5.74, 6) is -1.66. The summed E-state index contributed by atoms with van der Waals surface area (Å²) in [5, 5.41) is 3.24. The van der Waals surface area contributed by atoms with Gasteiger partial charge in [-0.05, 0) is 55.3 Å². The lowest BCUT2D eigenvalue weighted by atomic mass is 9.89. The first-order chi connectivity index (χ1) is 13.4. The number of H-pyrrole nitrogens is 1. The number of hydrogen-bond acceptors (Lipinski definition) is 2. The molecule has 3 rings (SSSR count). The summed E-state index contributed by atoms with van der Waals surface area (Å²) < 4.78 is 40.0. The highest BCUT2D eigenvalue weighted by atomic mass is 79.9. The van der Waals surface area contributed by atoms with Crippen LogP contribution in [0.2, 0.25) is 0 Å². The third-order valence-corrected chi connectivity index (χ3v) is 5.22. The number of alkyl halides is 3. The molecule has 0 saturated carbocycles. The summed E-state index contributed by atoms with van der Waals surface area (Å²) in [6.07, 6.45) is -4.60. The molecule has 9 heteroatoms. The fraction of sp³-hybridized carbons (Fsp3) is 0.200. The van der Waals surface area contributed by atoms with Gasteiger partial charge in [-0.3, -0.25) is 9.59 Å². The third kappa shape index (κ3) is 4.00. The maximum atomic E-state index is 13.1. The predicted octanol–water partition coefficient (Wildman–Crippen LogP) is 4.39. The highest BCUT2D eigenvalue weighted by molar-refractivity contribution is 9.10. The first-order valence-corrected chi connectivity index (χ1v) is 9.30. The van der Waals surface area contributed by atoms with Gasteiger partial charge >= 0.3 is 6.18 Å². The fourth-order valence-corrected chi connectivity index (χ4v) is 3.67. The van der Waals surface area contributed by atoms with E-state index >= 15 is 0 Å². The Morgan fingerprint density at radius 3 is 2.38 bits per heavy atom. The molecule has 0 fully saturated rings. The summed E-state index contributed by atoms with van der Waals surface area (Å²) in [6.45, 7) is 3.13. The van der Waals surface area contributed by atoms with Crippen molar-refractivity contribution in [3.63, 3.8) is 0 Å². The average Bonchev–Trinajstić information content (AvgIpc) is 3.05. The molecule has 5 nitrogen and oxygen atoms in total. The van der Waals surface area contributed by atoms with E-state index in [1.54, 1.807) is 6.07 Å². The first-order valence-electron chi connectivity index (χ1n) is 8.51. The lowest BCUT2D eigenvalue weighted by Gasteiger charge is -2.28. The Balaban J connectivity index is 2.00. The molecule has 4 N–H and O–H groups in total. The maximum Gasteiger partial charge on any atom is 0.416 e. The van der Waals surface area contributed by atoms with Gasteiger partial charge in [0.05, 0.1) is 5.56 Å². The summed E-state index contributed by atoms with van der Waals surface area (Å²) in [5.41, 5.74) is 4.39. The number of fused-ring (bicyclic) bond motifs is 1. The van der Waals surface area contributed by atoms with Crippen LogP contribution in [-0.4, -0.2) is 16.8 Å². The average molecular weight is 468 g/mol. The molecule has 1 aromatic heterocycles. The van der Waals surface area contributed by atoms with Crippen LogP contribution in [0.1, 0.15) is 34.1 Å². The number of carbonyl (C=O) groups is 2. The molecule has 1 atom stereocenters. The molecule has 1 heterocycles. The van der Waals surface area contributed by atoms with Crippen LogP contribution in [0, 0.1) is 6.92 Å². The van der Waals surface area contributed by atoms with Crippen molar-refractivity contribution in [3.05, 3.63) is 69.3 Å². The standard InChI is InChI=1S/C20H17BrF3N3O2/c1-10-6-14(21)7-11-8-15(26-16(10)11)17(28)27-19(2,18(25)29)12-4-3-5-13(9-12)20(22,23)24/h3-9,26H,1-2H3,(H2,25,29)(H,27,28). The summed E-state index contributed by atoms with van der Waals surface area (Å²) in [7, 11) is 0. The van der Waals surface area contributed by atoms with Crippen molar-refractivity contribution in [1.82, 2.24) is 10.3 Å². The molecule has 0 spiro atoms. The van der Waals surface area contributed by atoms with Gasteiger partial charge in [0.25, 0.3) is 5.91 Å². The minimum absolute atomic E-state index is 0.0665. The molecule has 3 aromatic rings. The summed E-state index contributed by atoms with van der Waals surface area (Å²) in [4.78, 5) is 27.9. The van der Waals surface area contributed by atoms with E-state index in [4.69, 9.17) is 5.73 Å². The predicted molar refractivity (Wildman–Crippen MR) is 106 cm³/mol. The zero-order valence-corrected chi connectivity index (χ0v) is 17.0. The maximum absolute atomic E-state index is 13.1. The normalized spacial score (nSPS) is 13.9. The molecule has 0 aliphatic rings. The number of benzene rings is 2. The lowest BCUT2D eigenvalue weighted by Crippen LogP contribution is -2.52. The number of carbonyl (C=O) groups excluding carboxylic acids is 2. The number of halogens is 4. The lowest BCUT2D eigenvalue weighted by molar-refractivity contribution is -0.137. The topological polar surface area (TPSA) is 88.0 Å². The number of nitrogens with one attached hydrogen (secondary N) is 2. The van der Waals surface area contributed by atoms with Gasteiger partial charge in [-0.1, -0.05) is 28.1 Å². The number of amides is 2. The van der Waals surface area contributed by atoms with Gasteiger partial charge in [0.2, 0.25) is 5.91 Å². The van der Waals surface area contributed by atoms with E-state index in [1.165, 1.54) is 13.0 Å². The Kier molecular flexibility index (Phi) is 5.20. The minimum atomic E-state index is -4.60. The molecule has 0 bridgehead atoms. The molecule has 2 aromatic carbocycles. The van der Waals surface area contributed by atoms with Gasteiger partial charge in [-0.25, -0.2) is 0 Å². The smallest absolute Gasteiger partial charge is 0.367 e. The molecule has 152 valence electrons. The quantitative estimate of drug-likeness (QED) is 0.531. The van der Waals surface area contributed by atoms with Crippen LogP contribution in [0.25, 0.3) is 10.9 Å². The van der Waals surface area contributed by atoms with Gasteiger partial charge in [-0.15, -0.1) is 0 Å². The van der Waals surface area contributed by atoms with Crippen molar-refractivity contribution in [2.24, 2.45) is 5.73 Å². The van der Waals surface area contributed by atoms with Crippen LogP contribution in [0.3, 0.4) is 0 Å². The van der Waals surface area contributed by atoms with Crippen molar-refractivity contribution in [1.29, 1.82) is 0 Å². The Hall–Kier alpha value is -2.81. The van der Waals surface area contributed by atoms with E-state index < -0.39 is 29.1 Å². The molecule has 0 aliphatic carbocycles. The van der Waals surface area contributed by atoms with Crippen LogP contribution in [0.15, 0.2) is 46.9 Å². The van der Waals surface area contributed by atoms with Crippen molar-refractivity contribution in [2.45, 2.75) is 25.6 Å². The summed E-state index contributed by atoms with van der Waals surface area (Å²) >= 11 is 3.38. The number of nitrogens with two attached hydrogens (primary N) is 1. The number of hydrogen-bond donors (Lipinski definition) is 3. The van der Waals surface area contributed by atoms with Crippen LogP contribution in [0.4, 0.5) is 13.2 Å². The van der Waals surface area contributed by atoms with E-state index in [2.05, 4.69) is 26.2 Å². The van der Waals surface area contributed by atoms with E-state index in [9.17, 15) is 22.8 Å². The minimum Gasteiger partial charge on any atom is -0.367 e. The van der Waals surface area contributed by atoms with Crippen LogP contribution in [-0.2, 0) is 16.5 Å². The second-order valence-electron chi connectivity index (χ2n) is 6.89. The molecule has 0 aliphatic heterocycles. The molecule has 29 heavy (non-hydrogen) atoms. The Bertz CT molecular complexity index is 1120. The second-order valence-corrected chi connectivity index (χ2v) is 7.81. The van der Waals surface area contributed by atoms with Crippen molar-refractivity contribution < 1.29 is 22.8 Å². The zero-order valence-electron chi connectivity index (χ0n) is 15.4. The molecule has 1 unspecified atom stereocenters. The monoisotopic (exact) mass is 467 g/mol. The second kappa shape index (κ2) is 7.22. The van der Waals surface area contributed by atoms with E-state index in [0.29, 0.717) is 0 Å². The van der Waals surface area contributed by atoms with Gasteiger partial charge in [-0.2, -0.15) is 13.2 Å². The van der Waals surface area contributed by atoms with Crippen molar-refractivity contribution in [3.8, 4) is 0 Å². The number of rotatable bonds is 4. The fourth-order valence-electron chi connectivity index (χ4n) is 3.08. The van der Waals surface area contributed by atoms with Gasteiger partial charge in [0.1, 0.15) is 11.2 Å². The van der Waals surface area contributed by atoms with Gasteiger partial charge in [0, 0.05) is 15.4 Å². The van der Waals surface area contributed by atoms with E-state index in [-0.39, 0.29) is 11.3 Å². The number of primary amides is 1. The molecule has 2 amide bonds. The van der Waals surface area contributed by atoms with Crippen molar-refractivity contribution >= 4 is 38.6 Å². The Labute approximate surface area is 172 Å². The SMILES string of the molecule is Cc1cc(Br)cc2cc(C(=O)NC(C)(C(N)=O)c3cccc(C(F)(F)F)c3)[nH]c12. The number of aromatic nitrogens is 1. The Morgan fingerprint density at radius 1 is 1.10 bits per heavy atom. The van der Waals surface area contributed by atoms with Crippen LogP contribution in [0.5, 0.6) is 0 Å². The highest BCUT2D eigenvalue weighted by Gasteiger charge is 2.38. The van der Waals surface area contributed by atoms with Crippen LogP contribution >= 0.6 is 15.9 Å². The Morgan fingerprint density at radius 2 is 1.76 bits per heavy atom.